The maximum atomic E-state index is 11.3. The van der Waals surface area contributed by atoms with Gasteiger partial charge in [0.25, 0.3) is 5.69 Å². The second kappa shape index (κ2) is 4.89. The summed E-state index contributed by atoms with van der Waals surface area (Å²) in [5.41, 5.74) is 0.935. The Morgan fingerprint density at radius 1 is 1.30 bits per heavy atom. The molecule has 2 aliphatic rings. The van der Waals surface area contributed by atoms with Crippen molar-refractivity contribution in [1.29, 1.82) is 0 Å². The molecule has 0 heterocycles. The molecule has 2 fully saturated rings. The molecule has 0 amide bonds. The summed E-state index contributed by atoms with van der Waals surface area (Å²) < 4.78 is 0. The van der Waals surface area contributed by atoms with Crippen molar-refractivity contribution < 1.29 is 9.72 Å². The van der Waals surface area contributed by atoms with Crippen LogP contribution >= 0.6 is 0 Å². The van der Waals surface area contributed by atoms with Gasteiger partial charge >= 0.3 is 0 Å². The quantitative estimate of drug-likeness (QED) is 0.490. The van der Waals surface area contributed by atoms with Crippen molar-refractivity contribution in [2.24, 2.45) is 11.8 Å². The highest BCUT2D eigenvalue weighted by molar-refractivity contribution is 5.95. The summed E-state index contributed by atoms with van der Waals surface area (Å²) in [6, 6.07) is 5.07. The molecule has 0 unspecified atom stereocenters. The van der Waals surface area contributed by atoms with Crippen LogP contribution in [0.5, 0.6) is 0 Å². The number of benzene rings is 1. The number of ketones is 1. The Morgan fingerprint density at radius 3 is 2.35 bits per heavy atom. The molecule has 0 aliphatic heterocycles. The van der Waals surface area contributed by atoms with Crippen LogP contribution < -0.4 is 5.32 Å². The molecule has 1 N–H and O–H groups in total. The normalized spacial score (nSPS) is 18.1. The molecule has 0 aromatic heterocycles. The Morgan fingerprint density at radius 2 is 1.90 bits per heavy atom. The molecule has 1 aromatic carbocycles. The van der Waals surface area contributed by atoms with Gasteiger partial charge in [0.2, 0.25) is 0 Å². The van der Waals surface area contributed by atoms with Crippen LogP contribution in [0.15, 0.2) is 18.2 Å². The highest BCUT2D eigenvalue weighted by Gasteiger charge is 2.42. The van der Waals surface area contributed by atoms with Gasteiger partial charge in [-0.1, -0.05) is 0 Å². The van der Waals surface area contributed by atoms with Gasteiger partial charge < -0.3 is 5.32 Å². The summed E-state index contributed by atoms with van der Waals surface area (Å²) in [5, 5.41) is 14.6. The van der Waals surface area contributed by atoms with Crippen molar-refractivity contribution in [3.8, 4) is 0 Å². The van der Waals surface area contributed by atoms with E-state index in [9.17, 15) is 14.9 Å². The summed E-state index contributed by atoms with van der Waals surface area (Å²) in [6.07, 6.45) is 4.86. The number of Topliss-reactive ketones (excluding diaryl/α,β-unsaturated/α-hetero) is 1. The van der Waals surface area contributed by atoms with E-state index in [0.29, 0.717) is 29.1 Å². The van der Waals surface area contributed by atoms with E-state index in [1.807, 2.05) is 0 Å². The van der Waals surface area contributed by atoms with Crippen LogP contribution in [0.25, 0.3) is 0 Å². The van der Waals surface area contributed by atoms with Crippen LogP contribution in [0.2, 0.25) is 0 Å². The molecule has 2 saturated carbocycles. The Bertz CT molecular complexity index is 550. The van der Waals surface area contributed by atoms with Gasteiger partial charge in [-0.3, -0.25) is 14.9 Å². The summed E-state index contributed by atoms with van der Waals surface area (Å²) in [5.74, 6) is 1.17. The number of anilines is 1. The zero-order chi connectivity index (χ0) is 14.3. The van der Waals surface area contributed by atoms with Gasteiger partial charge in [-0.2, -0.15) is 0 Å². The molecular formula is C15H18N2O3. The minimum absolute atomic E-state index is 0.00370. The molecule has 2 aliphatic carbocycles. The van der Waals surface area contributed by atoms with Crippen LogP contribution in [0, 0.1) is 22.0 Å². The van der Waals surface area contributed by atoms with Gasteiger partial charge in [-0.05, 0) is 56.6 Å². The number of rotatable bonds is 6. The fraction of sp³-hybridized carbons (Fsp3) is 0.533. The van der Waals surface area contributed by atoms with Gasteiger partial charge in [0.1, 0.15) is 5.69 Å². The van der Waals surface area contributed by atoms with Gasteiger partial charge in [0.15, 0.2) is 5.78 Å². The largest absolute Gasteiger partial charge is 0.376 e. The summed E-state index contributed by atoms with van der Waals surface area (Å²) in [6.45, 7) is 1.42. The molecule has 20 heavy (non-hydrogen) atoms. The van der Waals surface area contributed by atoms with Crippen molar-refractivity contribution in [2.45, 2.75) is 38.6 Å². The van der Waals surface area contributed by atoms with E-state index in [4.69, 9.17) is 0 Å². The van der Waals surface area contributed by atoms with Crippen molar-refractivity contribution in [3.05, 3.63) is 33.9 Å². The topological polar surface area (TPSA) is 72.2 Å². The number of nitrogens with zero attached hydrogens (tertiary/aromatic N) is 1. The number of nitro benzene ring substituents is 1. The molecule has 0 saturated heterocycles. The first-order chi connectivity index (χ1) is 9.56. The lowest BCUT2D eigenvalue weighted by Gasteiger charge is -2.19. The molecule has 1 aromatic rings. The molecule has 5 nitrogen and oxygen atoms in total. The second-order valence-electron chi connectivity index (χ2n) is 5.89. The first-order valence-corrected chi connectivity index (χ1v) is 7.12. The standard InChI is InChI=1S/C15H18N2O3/c1-9(18)12-6-7-13(14(8-12)17(19)20)16-15(10-2-3-10)11-4-5-11/h6-8,10-11,15-16H,2-5H2,1H3. The van der Waals surface area contributed by atoms with Gasteiger partial charge in [-0.25, -0.2) is 0 Å². The summed E-state index contributed by atoms with van der Waals surface area (Å²) in [7, 11) is 0. The van der Waals surface area contributed by atoms with E-state index in [0.717, 1.165) is 0 Å². The molecule has 3 rings (SSSR count). The third-order valence-corrected chi connectivity index (χ3v) is 4.18. The number of carbonyl (C=O) groups excluding carboxylic acids is 1. The molecule has 5 heteroatoms. The zero-order valence-corrected chi connectivity index (χ0v) is 11.5. The minimum atomic E-state index is -0.411. The predicted molar refractivity (Wildman–Crippen MR) is 76.0 cm³/mol. The lowest BCUT2D eigenvalue weighted by atomic mass is 10.1. The molecule has 0 bridgehead atoms. The second-order valence-corrected chi connectivity index (χ2v) is 5.89. The van der Waals surface area contributed by atoms with Crippen molar-refractivity contribution in [2.75, 3.05) is 5.32 Å². The highest BCUT2D eigenvalue weighted by Crippen LogP contribution is 2.46. The number of nitrogens with one attached hydrogen (secondary N) is 1. The van der Waals surface area contributed by atoms with E-state index < -0.39 is 4.92 Å². The first kappa shape index (κ1) is 13.1. The van der Waals surface area contributed by atoms with Crippen LogP contribution in [-0.4, -0.2) is 16.7 Å². The van der Waals surface area contributed by atoms with E-state index in [-0.39, 0.29) is 11.5 Å². The first-order valence-electron chi connectivity index (χ1n) is 7.12. The summed E-state index contributed by atoms with van der Waals surface area (Å²) in [4.78, 5) is 22.1. The molecule has 0 spiro atoms. The van der Waals surface area contributed by atoms with Crippen LogP contribution in [0.4, 0.5) is 11.4 Å². The molecule has 0 radical (unpaired) electrons. The number of carbonyl (C=O) groups is 1. The lowest BCUT2D eigenvalue weighted by Crippen LogP contribution is -2.24. The fourth-order valence-corrected chi connectivity index (χ4v) is 2.73. The molecule has 0 atom stereocenters. The zero-order valence-electron chi connectivity index (χ0n) is 11.5. The third-order valence-electron chi connectivity index (χ3n) is 4.18. The van der Waals surface area contributed by atoms with Crippen LogP contribution in [0.1, 0.15) is 43.0 Å². The number of hydrogen-bond donors (Lipinski definition) is 1. The Labute approximate surface area is 117 Å². The number of nitro groups is 1. The van der Waals surface area contributed by atoms with E-state index in [1.165, 1.54) is 38.7 Å². The van der Waals surface area contributed by atoms with Crippen molar-refractivity contribution in [3.63, 3.8) is 0 Å². The maximum absolute atomic E-state index is 11.3. The minimum Gasteiger partial charge on any atom is -0.376 e. The van der Waals surface area contributed by atoms with Crippen LogP contribution in [-0.2, 0) is 0 Å². The predicted octanol–water partition coefficient (Wildman–Crippen LogP) is 3.40. The van der Waals surface area contributed by atoms with E-state index in [1.54, 1.807) is 12.1 Å². The Balaban J connectivity index is 1.87. The van der Waals surface area contributed by atoms with Gasteiger partial charge in [0, 0.05) is 17.7 Å². The Kier molecular flexibility index (Phi) is 3.20. The highest BCUT2D eigenvalue weighted by atomic mass is 16.6. The van der Waals surface area contributed by atoms with Crippen molar-refractivity contribution in [1.82, 2.24) is 0 Å². The monoisotopic (exact) mass is 274 g/mol. The van der Waals surface area contributed by atoms with Gasteiger partial charge in [0.05, 0.1) is 4.92 Å². The third kappa shape index (κ3) is 2.66. The fourth-order valence-electron chi connectivity index (χ4n) is 2.73. The van der Waals surface area contributed by atoms with Crippen LogP contribution in [0.3, 0.4) is 0 Å². The maximum Gasteiger partial charge on any atom is 0.293 e. The smallest absolute Gasteiger partial charge is 0.293 e. The lowest BCUT2D eigenvalue weighted by molar-refractivity contribution is -0.384. The molecular weight excluding hydrogens is 256 g/mol. The Hall–Kier alpha value is -1.91. The summed E-state index contributed by atoms with van der Waals surface area (Å²) >= 11 is 0. The van der Waals surface area contributed by atoms with E-state index >= 15 is 0 Å². The number of hydrogen-bond acceptors (Lipinski definition) is 4. The van der Waals surface area contributed by atoms with Crippen molar-refractivity contribution >= 4 is 17.2 Å². The SMILES string of the molecule is CC(=O)c1ccc(NC(C2CC2)C2CC2)c([N+](=O)[O-])c1. The van der Waals surface area contributed by atoms with E-state index in [2.05, 4.69) is 5.32 Å². The average molecular weight is 274 g/mol. The average Bonchev–Trinajstić information content (AvgIpc) is 3.28. The van der Waals surface area contributed by atoms with Gasteiger partial charge in [-0.15, -0.1) is 0 Å². The molecule has 106 valence electrons.